The molecule has 0 heterocycles. The summed E-state index contributed by atoms with van der Waals surface area (Å²) in [4.78, 5) is -0.229. The van der Waals surface area contributed by atoms with Gasteiger partial charge in [-0.3, -0.25) is 0 Å². The van der Waals surface area contributed by atoms with E-state index in [0.29, 0.717) is 6.54 Å². The van der Waals surface area contributed by atoms with E-state index in [1.54, 1.807) is 4.72 Å². The summed E-state index contributed by atoms with van der Waals surface area (Å²) in [7, 11) is -4.05. The van der Waals surface area contributed by atoms with Crippen molar-refractivity contribution in [2.45, 2.75) is 31.2 Å². The second kappa shape index (κ2) is 7.61. The Kier molecular flexibility index (Phi) is 6.44. The molecule has 1 aromatic rings. The van der Waals surface area contributed by atoms with Gasteiger partial charge in [-0.25, -0.2) is 26.3 Å². The third kappa shape index (κ3) is 5.10. The number of alkyl halides is 2. The molecule has 0 saturated heterocycles. The molecule has 0 aliphatic carbocycles. The predicted molar refractivity (Wildman–Crippen MR) is 69.6 cm³/mol. The third-order valence-corrected chi connectivity index (χ3v) is 3.92. The Bertz CT molecular complexity index is 536. The SMILES string of the molecule is CCCNCc1cc(S(=O)(=O)NCC(F)F)ccc1F. The topological polar surface area (TPSA) is 58.2 Å². The van der Waals surface area contributed by atoms with Crippen LogP contribution in [0.4, 0.5) is 13.2 Å². The van der Waals surface area contributed by atoms with Gasteiger partial charge < -0.3 is 5.32 Å². The van der Waals surface area contributed by atoms with Crippen LogP contribution in [-0.2, 0) is 16.6 Å². The minimum Gasteiger partial charge on any atom is -0.313 e. The molecule has 0 spiro atoms. The summed E-state index contributed by atoms with van der Waals surface area (Å²) in [5.74, 6) is -0.540. The quantitative estimate of drug-likeness (QED) is 0.721. The Morgan fingerprint density at radius 2 is 2.00 bits per heavy atom. The van der Waals surface area contributed by atoms with Gasteiger partial charge in [0, 0.05) is 12.1 Å². The van der Waals surface area contributed by atoms with Crippen molar-refractivity contribution in [3.8, 4) is 0 Å². The first-order valence-electron chi connectivity index (χ1n) is 6.13. The maximum absolute atomic E-state index is 13.5. The highest BCUT2D eigenvalue weighted by molar-refractivity contribution is 7.89. The molecule has 1 aromatic carbocycles. The summed E-state index contributed by atoms with van der Waals surface area (Å²) in [5, 5.41) is 2.95. The maximum Gasteiger partial charge on any atom is 0.251 e. The van der Waals surface area contributed by atoms with Crippen molar-refractivity contribution in [2.75, 3.05) is 13.1 Å². The smallest absolute Gasteiger partial charge is 0.251 e. The summed E-state index contributed by atoms with van der Waals surface area (Å²) in [5.41, 5.74) is 0.179. The lowest BCUT2D eigenvalue weighted by Crippen LogP contribution is -2.28. The van der Waals surface area contributed by atoms with Gasteiger partial charge in [-0.1, -0.05) is 6.92 Å². The summed E-state index contributed by atoms with van der Waals surface area (Å²) < 4.78 is 62.8. The summed E-state index contributed by atoms with van der Waals surface area (Å²) in [6.45, 7) is 1.82. The lowest BCUT2D eigenvalue weighted by atomic mass is 10.2. The molecular weight excluding hydrogens is 293 g/mol. The summed E-state index contributed by atoms with van der Waals surface area (Å²) in [6.07, 6.45) is -1.92. The first-order chi connectivity index (χ1) is 9.36. The Morgan fingerprint density at radius 3 is 2.60 bits per heavy atom. The highest BCUT2D eigenvalue weighted by atomic mass is 32.2. The average molecular weight is 310 g/mol. The van der Waals surface area contributed by atoms with Crippen molar-refractivity contribution in [3.63, 3.8) is 0 Å². The van der Waals surface area contributed by atoms with Crippen molar-refractivity contribution < 1.29 is 21.6 Å². The molecule has 0 fully saturated rings. The zero-order valence-electron chi connectivity index (χ0n) is 11.0. The molecule has 20 heavy (non-hydrogen) atoms. The van der Waals surface area contributed by atoms with E-state index in [2.05, 4.69) is 5.32 Å². The largest absolute Gasteiger partial charge is 0.313 e. The molecule has 0 amide bonds. The van der Waals surface area contributed by atoms with E-state index >= 15 is 0 Å². The fraction of sp³-hybridized carbons (Fsp3) is 0.500. The van der Waals surface area contributed by atoms with Crippen LogP contribution in [0.5, 0.6) is 0 Å². The Morgan fingerprint density at radius 1 is 1.30 bits per heavy atom. The molecule has 0 atom stereocenters. The maximum atomic E-state index is 13.5. The Balaban J connectivity index is 2.87. The number of hydrogen-bond acceptors (Lipinski definition) is 3. The first-order valence-corrected chi connectivity index (χ1v) is 7.62. The molecular formula is C12H17F3N2O2S. The lowest BCUT2D eigenvalue weighted by Gasteiger charge is -2.09. The van der Waals surface area contributed by atoms with Gasteiger partial charge in [-0.15, -0.1) is 0 Å². The molecule has 8 heteroatoms. The molecule has 0 aliphatic heterocycles. The van der Waals surface area contributed by atoms with Crippen LogP contribution in [0.2, 0.25) is 0 Å². The molecule has 4 nitrogen and oxygen atoms in total. The van der Waals surface area contributed by atoms with Crippen molar-refractivity contribution in [3.05, 3.63) is 29.6 Å². The second-order valence-corrected chi connectivity index (χ2v) is 5.94. The van der Waals surface area contributed by atoms with Crippen molar-refractivity contribution in [1.29, 1.82) is 0 Å². The minimum absolute atomic E-state index is 0.178. The third-order valence-electron chi connectivity index (χ3n) is 2.50. The molecule has 0 aromatic heterocycles. The molecule has 114 valence electrons. The number of sulfonamides is 1. The molecule has 0 unspecified atom stereocenters. The Hall–Kier alpha value is -1.12. The van der Waals surface area contributed by atoms with Crippen molar-refractivity contribution in [1.82, 2.24) is 10.0 Å². The lowest BCUT2D eigenvalue weighted by molar-refractivity contribution is 0.153. The number of hydrogen-bond donors (Lipinski definition) is 2. The van der Waals surface area contributed by atoms with Gasteiger partial charge in [-0.2, -0.15) is 0 Å². The molecule has 0 radical (unpaired) electrons. The number of rotatable bonds is 8. The zero-order valence-corrected chi connectivity index (χ0v) is 11.8. The van der Waals surface area contributed by atoms with E-state index in [9.17, 15) is 21.6 Å². The molecule has 0 saturated carbocycles. The highest BCUT2D eigenvalue weighted by Crippen LogP contribution is 2.15. The molecule has 2 N–H and O–H groups in total. The van der Waals surface area contributed by atoms with Crippen LogP contribution in [0.15, 0.2) is 23.1 Å². The van der Waals surface area contributed by atoms with Gasteiger partial charge in [0.15, 0.2) is 0 Å². The van der Waals surface area contributed by atoms with Crippen LogP contribution >= 0.6 is 0 Å². The van der Waals surface area contributed by atoms with E-state index in [0.717, 1.165) is 24.6 Å². The molecule has 1 rings (SSSR count). The molecule has 0 bridgehead atoms. The van der Waals surface area contributed by atoms with Crippen molar-refractivity contribution in [2.24, 2.45) is 0 Å². The summed E-state index contributed by atoms with van der Waals surface area (Å²) >= 11 is 0. The van der Waals surface area contributed by atoms with Crippen LogP contribution in [0.3, 0.4) is 0 Å². The number of halogens is 3. The monoisotopic (exact) mass is 310 g/mol. The fourth-order valence-corrected chi connectivity index (χ4v) is 2.57. The number of benzene rings is 1. The average Bonchev–Trinajstić information content (AvgIpc) is 2.39. The Labute approximate surface area is 116 Å². The second-order valence-electron chi connectivity index (χ2n) is 4.17. The van der Waals surface area contributed by atoms with Gasteiger partial charge in [-0.05, 0) is 31.2 Å². The van der Waals surface area contributed by atoms with Crippen LogP contribution in [0.1, 0.15) is 18.9 Å². The fourth-order valence-electron chi connectivity index (χ4n) is 1.51. The standard InChI is InChI=1S/C12H17F3N2O2S/c1-2-5-16-7-9-6-10(3-4-11(9)13)20(18,19)17-8-12(14)15/h3-4,6,12,16-17H,2,5,7-8H2,1H3. The zero-order chi connectivity index (χ0) is 15.2. The summed E-state index contributed by atoms with van der Waals surface area (Å²) in [6, 6.07) is 3.21. The van der Waals surface area contributed by atoms with E-state index in [-0.39, 0.29) is 17.0 Å². The van der Waals surface area contributed by atoms with Crippen LogP contribution < -0.4 is 10.0 Å². The first kappa shape index (κ1) is 16.9. The van der Waals surface area contributed by atoms with Gasteiger partial charge in [0.2, 0.25) is 10.0 Å². The van der Waals surface area contributed by atoms with E-state index in [4.69, 9.17) is 0 Å². The van der Waals surface area contributed by atoms with E-state index in [1.165, 1.54) is 0 Å². The van der Waals surface area contributed by atoms with E-state index in [1.807, 2.05) is 6.92 Å². The van der Waals surface area contributed by atoms with Crippen LogP contribution in [0, 0.1) is 5.82 Å². The van der Waals surface area contributed by atoms with Crippen molar-refractivity contribution >= 4 is 10.0 Å². The van der Waals surface area contributed by atoms with Gasteiger partial charge in [0.25, 0.3) is 6.43 Å². The highest BCUT2D eigenvalue weighted by Gasteiger charge is 2.17. The predicted octanol–water partition coefficient (Wildman–Crippen LogP) is 1.87. The normalized spacial score (nSPS) is 12.1. The number of nitrogens with one attached hydrogen (secondary N) is 2. The van der Waals surface area contributed by atoms with Gasteiger partial charge >= 0.3 is 0 Å². The minimum atomic E-state index is -4.05. The van der Waals surface area contributed by atoms with Gasteiger partial charge in [0.05, 0.1) is 11.4 Å². The van der Waals surface area contributed by atoms with Crippen LogP contribution in [-0.4, -0.2) is 27.9 Å². The molecule has 0 aliphatic rings. The van der Waals surface area contributed by atoms with E-state index < -0.39 is 28.8 Å². The van der Waals surface area contributed by atoms with Gasteiger partial charge in [0.1, 0.15) is 5.82 Å². The van der Waals surface area contributed by atoms with Crippen LogP contribution in [0.25, 0.3) is 0 Å².